The van der Waals surface area contributed by atoms with E-state index in [2.05, 4.69) is 4.98 Å². The Morgan fingerprint density at radius 2 is 2.11 bits per heavy atom. The fourth-order valence-corrected chi connectivity index (χ4v) is 3.08. The number of rotatable bonds is 5. The Morgan fingerprint density at radius 1 is 1.33 bits per heavy atom. The molecule has 0 aliphatic rings. The second-order valence-electron chi connectivity index (χ2n) is 4.39. The zero-order valence-corrected chi connectivity index (χ0v) is 11.8. The zero-order chi connectivity index (χ0) is 13.0. The topological polar surface area (TPSA) is 33.1 Å². The van der Waals surface area contributed by atoms with Crippen molar-refractivity contribution in [1.82, 2.24) is 4.98 Å². The minimum absolute atomic E-state index is 0.169. The van der Waals surface area contributed by atoms with E-state index in [1.165, 1.54) is 4.88 Å². The fraction of sp³-hybridized carbons (Fsp3) is 0.357. The fourth-order valence-electron chi connectivity index (χ4n) is 1.96. The summed E-state index contributed by atoms with van der Waals surface area (Å²) in [5, 5.41) is 11.3. The standard InChI is InChI=1S/C14H16ClNOS/c1-10-16-8-13(18-10)7-11(9-17)6-12-4-2-3-5-14(12)15/h2-5,8,11,17H,6-7,9H2,1H3. The van der Waals surface area contributed by atoms with E-state index in [1.807, 2.05) is 37.4 Å². The first kappa shape index (κ1) is 13.5. The Balaban J connectivity index is 2.04. The molecular formula is C14H16ClNOS. The van der Waals surface area contributed by atoms with E-state index < -0.39 is 0 Å². The maximum atomic E-state index is 9.49. The van der Waals surface area contributed by atoms with Crippen molar-refractivity contribution in [2.24, 2.45) is 5.92 Å². The van der Waals surface area contributed by atoms with Crippen LogP contribution in [0.25, 0.3) is 0 Å². The molecule has 0 radical (unpaired) electrons. The van der Waals surface area contributed by atoms with Gasteiger partial charge in [-0.1, -0.05) is 29.8 Å². The number of aliphatic hydroxyl groups is 1. The summed E-state index contributed by atoms with van der Waals surface area (Å²) in [7, 11) is 0. The number of aromatic nitrogens is 1. The predicted molar refractivity (Wildman–Crippen MR) is 76.3 cm³/mol. The lowest BCUT2D eigenvalue weighted by Gasteiger charge is -2.13. The van der Waals surface area contributed by atoms with Gasteiger partial charge in [-0.25, -0.2) is 4.98 Å². The summed E-state index contributed by atoms with van der Waals surface area (Å²) < 4.78 is 0. The van der Waals surface area contributed by atoms with Crippen molar-refractivity contribution in [2.45, 2.75) is 19.8 Å². The predicted octanol–water partition coefficient (Wildman–Crippen LogP) is 3.50. The molecule has 1 aromatic heterocycles. The van der Waals surface area contributed by atoms with Crippen LogP contribution in [0.3, 0.4) is 0 Å². The van der Waals surface area contributed by atoms with Crippen LogP contribution < -0.4 is 0 Å². The largest absolute Gasteiger partial charge is 0.396 e. The Bertz CT molecular complexity index is 512. The van der Waals surface area contributed by atoms with Crippen LogP contribution in [-0.4, -0.2) is 16.7 Å². The van der Waals surface area contributed by atoms with Crippen LogP contribution in [0.5, 0.6) is 0 Å². The molecule has 2 nitrogen and oxygen atoms in total. The van der Waals surface area contributed by atoms with Gasteiger partial charge < -0.3 is 5.11 Å². The molecule has 1 N–H and O–H groups in total. The Labute approximate surface area is 116 Å². The molecule has 1 unspecified atom stereocenters. The quantitative estimate of drug-likeness (QED) is 0.910. The highest BCUT2D eigenvalue weighted by Crippen LogP contribution is 2.22. The summed E-state index contributed by atoms with van der Waals surface area (Å²) in [6.45, 7) is 2.17. The molecule has 0 aliphatic carbocycles. The van der Waals surface area contributed by atoms with Gasteiger partial charge in [0.05, 0.1) is 5.01 Å². The monoisotopic (exact) mass is 281 g/mol. The van der Waals surface area contributed by atoms with E-state index in [1.54, 1.807) is 11.3 Å². The van der Waals surface area contributed by atoms with Crippen molar-refractivity contribution >= 4 is 22.9 Å². The molecule has 1 heterocycles. The van der Waals surface area contributed by atoms with Gasteiger partial charge in [0.15, 0.2) is 0 Å². The minimum atomic E-state index is 0.169. The molecule has 1 atom stereocenters. The molecule has 18 heavy (non-hydrogen) atoms. The number of thiazole rings is 1. The van der Waals surface area contributed by atoms with Gasteiger partial charge in [0.1, 0.15) is 0 Å². The average Bonchev–Trinajstić information content (AvgIpc) is 2.76. The van der Waals surface area contributed by atoms with Gasteiger partial charge in [0, 0.05) is 22.7 Å². The lowest BCUT2D eigenvalue weighted by Crippen LogP contribution is -2.12. The highest BCUT2D eigenvalue weighted by atomic mass is 35.5. The van der Waals surface area contributed by atoms with Gasteiger partial charge >= 0.3 is 0 Å². The van der Waals surface area contributed by atoms with Gasteiger partial charge in [-0.3, -0.25) is 0 Å². The van der Waals surface area contributed by atoms with Crippen LogP contribution >= 0.6 is 22.9 Å². The van der Waals surface area contributed by atoms with Crippen LogP contribution in [0.1, 0.15) is 15.4 Å². The van der Waals surface area contributed by atoms with Crippen LogP contribution in [0, 0.1) is 12.8 Å². The number of aryl methyl sites for hydroxylation is 1. The second-order valence-corrected chi connectivity index (χ2v) is 6.12. The lowest BCUT2D eigenvalue weighted by atomic mass is 9.96. The first-order valence-corrected chi connectivity index (χ1v) is 7.14. The van der Waals surface area contributed by atoms with Crippen LogP contribution in [0.15, 0.2) is 30.5 Å². The van der Waals surface area contributed by atoms with Crippen molar-refractivity contribution in [1.29, 1.82) is 0 Å². The Kier molecular flexibility index (Phi) is 4.75. The van der Waals surface area contributed by atoms with E-state index in [0.717, 1.165) is 28.4 Å². The average molecular weight is 282 g/mol. The molecule has 0 saturated heterocycles. The van der Waals surface area contributed by atoms with E-state index in [9.17, 15) is 5.11 Å². The third-order valence-corrected chi connectivity index (χ3v) is 4.19. The molecule has 4 heteroatoms. The second kappa shape index (κ2) is 6.32. The van der Waals surface area contributed by atoms with Crippen molar-refractivity contribution < 1.29 is 5.11 Å². The molecular weight excluding hydrogens is 266 g/mol. The van der Waals surface area contributed by atoms with Gasteiger partial charge in [0.25, 0.3) is 0 Å². The zero-order valence-electron chi connectivity index (χ0n) is 10.3. The van der Waals surface area contributed by atoms with Gasteiger partial charge in [-0.2, -0.15) is 0 Å². The normalized spacial score (nSPS) is 12.6. The maximum Gasteiger partial charge on any atom is 0.0896 e. The molecule has 0 fully saturated rings. The van der Waals surface area contributed by atoms with Crippen molar-refractivity contribution in [2.75, 3.05) is 6.61 Å². The Morgan fingerprint density at radius 3 is 2.72 bits per heavy atom. The molecule has 0 saturated carbocycles. The smallest absolute Gasteiger partial charge is 0.0896 e. The third-order valence-electron chi connectivity index (χ3n) is 2.88. The molecule has 2 rings (SSSR count). The molecule has 0 aliphatic heterocycles. The highest BCUT2D eigenvalue weighted by molar-refractivity contribution is 7.11. The summed E-state index contributed by atoms with van der Waals surface area (Å²) in [4.78, 5) is 5.46. The van der Waals surface area contributed by atoms with E-state index in [4.69, 9.17) is 11.6 Å². The van der Waals surface area contributed by atoms with Gasteiger partial charge in [-0.05, 0) is 37.3 Å². The number of hydrogen-bond acceptors (Lipinski definition) is 3. The Hall–Kier alpha value is -0.900. The van der Waals surface area contributed by atoms with Crippen molar-refractivity contribution in [3.8, 4) is 0 Å². The van der Waals surface area contributed by atoms with Crippen molar-refractivity contribution in [3.05, 3.63) is 50.9 Å². The molecule has 96 valence electrons. The maximum absolute atomic E-state index is 9.49. The molecule has 0 amide bonds. The molecule has 0 spiro atoms. The number of benzene rings is 1. The summed E-state index contributed by atoms with van der Waals surface area (Å²) in [5.74, 6) is 0.199. The van der Waals surface area contributed by atoms with Crippen LogP contribution in [0.2, 0.25) is 5.02 Å². The van der Waals surface area contributed by atoms with Gasteiger partial charge in [-0.15, -0.1) is 11.3 Å². The molecule has 2 aromatic rings. The minimum Gasteiger partial charge on any atom is -0.396 e. The van der Waals surface area contributed by atoms with Crippen molar-refractivity contribution in [3.63, 3.8) is 0 Å². The summed E-state index contributed by atoms with van der Waals surface area (Å²) in [5.41, 5.74) is 1.10. The van der Waals surface area contributed by atoms with Gasteiger partial charge in [0.2, 0.25) is 0 Å². The van der Waals surface area contributed by atoms with E-state index >= 15 is 0 Å². The molecule has 0 bridgehead atoms. The van der Waals surface area contributed by atoms with E-state index in [-0.39, 0.29) is 12.5 Å². The lowest BCUT2D eigenvalue weighted by molar-refractivity contribution is 0.225. The third kappa shape index (κ3) is 3.55. The number of hydrogen-bond donors (Lipinski definition) is 1. The SMILES string of the molecule is Cc1ncc(CC(CO)Cc2ccccc2Cl)s1. The highest BCUT2D eigenvalue weighted by Gasteiger charge is 2.13. The first-order valence-electron chi connectivity index (χ1n) is 5.94. The van der Waals surface area contributed by atoms with E-state index in [0.29, 0.717) is 0 Å². The molecule has 1 aromatic carbocycles. The summed E-state index contributed by atoms with van der Waals surface area (Å²) in [6, 6.07) is 7.81. The number of halogens is 1. The van der Waals surface area contributed by atoms with Crippen LogP contribution in [0.4, 0.5) is 0 Å². The number of nitrogens with zero attached hydrogens (tertiary/aromatic N) is 1. The summed E-state index contributed by atoms with van der Waals surface area (Å²) >= 11 is 7.83. The summed E-state index contributed by atoms with van der Waals surface area (Å²) in [6.07, 6.45) is 3.55. The van der Waals surface area contributed by atoms with Crippen LogP contribution in [-0.2, 0) is 12.8 Å². The first-order chi connectivity index (χ1) is 8.69. The number of aliphatic hydroxyl groups excluding tert-OH is 1.